The van der Waals surface area contributed by atoms with Crippen molar-refractivity contribution in [3.63, 3.8) is 0 Å². The molecule has 3 aliphatic rings. The number of hydrogen-bond acceptors (Lipinski definition) is 4. The van der Waals surface area contributed by atoms with Gasteiger partial charge < -0.3 is 15.0 Å². The van der Waals surface area contributed by atoms with E-state index in [1.54, 1.807) is 18.2 Å². The van der Waals surface area contributed by atoms with Crippen LogP contribution in [0.2, 0.25) is 0 Å². The van der Waals surface area contributed by atoms with Crippen molar-refractivity contribution >= 4 is 11.8 Å². The molecule has 0 radical (unpaired) electrons. The molecule has 6 nitrogen and oxygen atoms in total. The minimum Gasteiger partial charge on any atom is -0.371 e. The van der Waals surface area contributed by atoms with E-state index in [0.717, 1.165) is 18.4 Å². The van der Waals surface area contributed by atoms with Gasteiger partial charge in [0.15, 0.2) is 0 Å². The molecule has 2 aromatic carbocycles. The Balaban J connectivity index is 1.28. The van der Waals surface area contributed by atoms with Crippen LogP contribution in [0.4, 0.5) is 8.78 Å². The van der Waals surface area contributed by atoms with E-state index >= 15 is 0 Å². The predicted octanol–water partition coefficient (Wildman–Crippen LogP) is 3.87. The topological polar surface area (TPSA) is 71.5 Å². The molecule has 2 fully saturated rings. The molecule has 3 aromatic rings. The summed E-state index contributed by atoms with van der Waals surface area (Å²) >= 11 is 0. The monoisotopic (exact) mass is 475 g/mol. The van der Waals surface area contributed by atoms with Crippen LogP contribution in [0.25, 0.3) is 11.3 Å². The summed E-state index contributed by atoms with van der Waals surface area (Å²) in [6.45, 7) is 1.97. The normalized spacial score (nSPS) is 17.9. The van der Waals surface area contributed by atoms with Crippen LogP contribution in [0, 0.1) is 11.6 Å². The summed E-state index contributed by atoms with van der Waals surface area (Å²) in [4.78, 5) is 31.7. The molecule has 3 heterocycles. The molecule has 1 aromatic heterocycles. The van der Waals surface area contributed by atoms with Crippen LogP contribution in [0.3, 0.4) is 0 Å². The Labute approximate surface area is 200 Å². The lowest BCUT2D eigenvalue weighted by molar-refractivity contribution is -0.0376. The fraction of sp³-hybridized carbons (Fsp3) is 0.296. The second-order valence-corrected chi connectivity index (χ2v) is 9.40. The van der Waals surface area contributed by atoms with Crippen molar-refractivity contribution in [1.82, 2.24) is 15.2 Å². The van der Waals surface area contributed by atoms with Crippen molar-refractivity contribution in [2.75, 3.05) is 19.7 Å². The summed E-state index contributed by atoms with van der Waals surface area (Å²) in [7, 11) is 0. The van der Waals surface area contributed by atoms with Gasteiger partial charge in [-0.15, -0.1) is 0 Å². The second-order valence-electron chi connectivity index (χ2n) is 9.40. The van der Waals surface area contributed by atoms with E-state index in [1.165, 1.54) is 18.2 Å². The Kier molecular flexibility index (Phi) is 5.14. The second kappa shape index (κ2) is 8.23. The molecule has 1 N–H and O–H groups in total. The SMILES string of the molecule is O=C1NCc2nc(-c3c(F)cccc3F)cc(Cc3ccc(C(=O)N4CCOC5(CC5)C4)cc3)c21. The summed E-state index contributed by atoms with van der Waals surface area (Å²) in [5.41, 5.74) is 2.81. The number of ether oxygens (including phenoxy) is 1. The van der Waals surface area contributed by atoms with E-state index < -0.39 is 11.6 Å². The summed E-state index contributed by atoms with van der Waals surface area (Å²) in [6, 6.07) is 12.5. The van der Waals surface area contributed by atoms with Crippen molar-refractivity contribution < 1.29 is 23.1 Å². The lowest BCUT2D eigenvalue weighted by atomic mass is 9.96. The lowest BCUT2D eigenvalue weighted by Crippen LogP contribution is -2.46. The van der Waals surface area contributed by atoms with Gasteiger partial charge in [-0.3, -0.25) is 9.59 Å². The minimum absolute atomic E-state index is 0.0207. The highest BCUT2D eigenvalue weighted by Crippen LogP contribution is 2.42. The third kappa shape index (κ3) is 3.97. The molecule has 1 aliphatic carbocycles. The first-order chi connectivity index (χ1) is 16.9. The molecule has 178 valence electrons. The molecule has 1 saturated carbocycles. The van der Waals surface area contributed by atoms with Crippen molar-refractivity contribution in [2.45, 2.75) is 31.4 Å². The molecule has 0 bridgehead atoms. The molecule has 6 rings (SSSR count). The largest absolute Gasteiger partial charge is 0.371 e. The van der Waals surface area contributed by atoms with Gasteiger partial charge in [-0.2, -0.15) is 0 Å². The molecule has 2 aliphatic heterocycles. The first kappa shape index (κ1) is 21.9. The van der Waals surface area contributed by atoms with Crippen molar-refractivity contribution in [1.29, 1.82) is 0 Å². The average molecular weight is 475 g/mol. The lowest BCUT2D eigenvalue weighted by Gasteiger charge is -2.33. The number of fused-ring (bicyclic) bond motifs is 1. The highest BCUT2D eigenvalue weighted by molar-refractivity contribution is 5.99. The van der Waals surface area contributed by atoms with Crippen LogP contribution in [-0.4, -0.2) is 47.0 Å². The van der Waals surface area contributed by atoms with Crippen LogP contribution in [0.15, 0.2) is 48.5 Å². The number of rotatable bonds is 4. The Hall–Kier alpha value is -3.65. The molecule has 2 amide bonds. The van der Waals surface area contributed by atoms with Gasteiger partial charge in [0.25, 0.3) is 11.8 Å². The maximum Gasteiger partial charge on any atom is 0.254 e. The van der Waals surface area contributed by atoms with E-state index in [1.807, 2.05) is 17.0 Å². The van der Waals surface area contributed by atoms with Crippen LogP contribution in [-0.2, 0) is 17.7 Å². The van der Waals surface area contributed by atoms with Crippen LogP contribution in [0.1, 0.15) is 50.4 Å². The van der Waals surface area contributed by atoms with E-state index in [2.05, 4.69) is 10.3 Å². The average Bonchev–Trinajstić information content (AvgIpc) is 3.48. The molecule has 1 spiro atoms. The number of amides is 2. The highest BCUT2D eigenvalue weighted by Gasteiger charge is 2.48. The number of hydrogen-bond donors (Lipinski definition) is 1. The van der Waals surface area contributed by atoms with Gasteiger partial charge in [0.1, 0.15) is 11.6 Å². The van der Waals surface area contributed by atoms with Crippen LogP contribution in [0.5, 0.6) is 0 Å². The van der Waals surface area contributed by atoms with Gasteiger partial charge in [0.2, 0.25) is 0 Å². The number of carbonyl (C=O) groups excluding carboxylic acids is 2. The van der Waals surface area contributed by atoms with Gasteiger partial charge in [-0.1, -0.05) is 18.2 Å². The van der Waals surface area contributed by atoms with Crippen molar-refractivity contribution in [2.24, 2.45) is 0 Å². The first-order valence-corrected chi connectivity index (χ1v) is 11.7. The van der Waals surface area contributed by atoms with Gasteiger partial charge in [0.05, 0.1) is 47.8 Å². The van der Waals surface area contributed by atoms with Crippen LogP contribution >= 0.6 is 0 Å². The minimum atomic E-state index is -0.709. The molecular formula is C27H23F2N3O3. The van der Waals surface area contributed by atoms with Crippen molar-refractivity contribution in [3.8, 4) is 11.3 Å². The standard InChI is InChI=1S/C27H23F2N3O3/c28-19-2-1-3-20(29)24(19)21-13-18(23-22(31-21)14-30-25(23)33)12-16-4-6-17(7-5-16)26(34)32-10-11-35-27(15-32)8-9-27/h1-7,13H,8-12,14-15H2,(H,30,33). The van der Waals surface area contributed by atoms with Gasteiger partial charge in [-0.25, -0.2) is 13.8 Å². The van der Waals surface area contributed by atoms with Crippen molar-refractivity contribution in [3.05, 3.63) is 88.1 Å². The van der Waals surface area contributed by atoms with E-state index in [0.29, 0.717) is 48.5 Å². The van der Waals surface area contributed by atoms with Gasteiger partial charge in [0, 0.05) is 12.1 Å². The highest BCUT2D eigenvalue weighted by atomic mass is 19.1. The number of benzene rings is 2. The number of halogens is 2. The van der Waals surface area contributed by atoms with E-state index in [4.69, 9.17) is 4.74 Å². The molecule has 8 heteroatoms. The number of pyridine rings is 1. The van der Waals surface area contributed by atoms with E-state index in [9.17, 15) is 18.4 Å². The third-order valence-electron chi connectivity index (χ3n) is 6.98. The maximum absolute atomic E-state index is 14.4. The fourth-order valence-corrected chi connectivity index (χ4v) is 4.95. The first-order valence-electron chi connectivity index (χ1n) is 11.7. The summed E-state index contributed by atoms with van der Waals surface area (Å²) in [6.07, 6.45) is 2.35. The Bertz CT molecular complexity index is 1330. The van der Waals surface area contributed by atoms with Crippen LogP contribution < -0.4 is 5.32 Å². The number of nitrogens with zero attached hydrogens (tertiary/aromatic N) is 2. The molecule has 35 heavy (non-hydrogen) atoms. The molecular weight excluding hydrogens is 452 g/mol. The predicted molar refractivity (Wildman–Crippen MR) is 124 cm³/mol. The Morgan fingerprint density at radius 1 is 1.09 bits per heavy atom. The molecule has 1 saturated heterocycles. The third-order valence-corrected chi connectivity index (χ3v) is 6.98. The van der Waals surface area contributed by atoms with E-state index in [-0.39, 0.29) is 35.2 Å². The quantitative estimate of drug-likeness (QED) is 0.622. The number of nitrogens with one attached hydrogen (secondary N) is 1. The zero-order valence-corrected chi connectivity index (χ0v) is 18.9. The maximum atomic E-state index is 14.4. The summed E-state index contributed by atoms with van der Waals surface area (Å²) < 4.78 is 34.7. The van der Waals surface area contributed by atoms with Gasteiger partial charge >= 0.3 is 0 Å². The smallest absolute Gasteiger partial charge is 0.254 e. The fourth-order valence-electron chi connectivity index (χ4n) is 4.95. The Morgan fingerprint density at radius 3 is 2.54 bits per heavy atom. The summed E-state index contributed by atoms with van der Waals surface area (Å²) in [5.74, 6) is -1.69. The zero-order chi connectivity index (χ0) is 24.2. The summed E-state index contributed by atoms with van der Waals surface area (Å²) in [5, 5.41) is 2.74. The molecule has 0 unspecified atom stereocenters. The Morgan fingerprint density at radius 2 is 1.83 bits per heavy atom. The number of morpholine rings is 1. The molecule has 0 atom stereocenters. The van der Waals surface area contributed by atoms with Gasteiger partial charge in [-0.05, 0) is 60.7 Å². The zero-order valence-electron chi connectivity index (χ0n) is 18.9. The number of aromatic nitrogens is 1. The number of carbonyl (C=O) groups is 2.